The highest BCUT2D eigenvalue weighted by molar-refractivity contribution is 6.05. The van der Waals surface area contributed by atoms with Crippen LogP contribution < -0.4 is 9.64 Å². The van der Waals surface area contributed by atoms with Crippen LogP contribution in [-0.2, 0) is 0 Å². The molecule has 0 bridgehead atoms. The van der Waals surface area contributed by atoms with E-state index in [0.29, 0.717) is 11.6 Å². The van der Waals surface area contributed by atoms with Crippen LogP contribution in [0.15, 0.2) is 54.7 Å². The van der Waals surface area contributed by atoms with E-state index in [0.717, 1.165) is 24.3 Å². The molecular formula is C21H21FN4O2. The van der Waals surface area contributed by atoms with Crippen molar-refractivity contribution in [3.63, 3.8) is 0 Å². The molecule has 4 rings (SSSR count). The lowest BCUT2D eigenvalue weighted by molar-refractivity contribution is 0.0970. The first-order valence-corrected chi connectivity index (χ1v) is 9.22. The quantitative estimate of drug-likeness (QED) is 0.652. The standard InChI is InChI=1S/C21H21FN4O2/c1-14(15-3-4-15)26(18-9-11-19(28-2)12-10-18)21(27)20-13-25(24-23-20)17-7-5-16(22)6-8-17/h5-15H,3-4H2,1-2H3. The average molecular weight is 380 g/mol. The number of carbonyl (C=O) groups is 1. The molecule has 0 spiro atoms. The van der Waals surface area contributed by atoms with Gasteiger partial charge in [-0.3, -0.25) is 4.79 Å². The maximum absolute atomic E-state index is 13.3. The molecule has 2 aromatic carbocycles. The fourth-order valence-electron chi connectivity index (χ4n) is 3.27. The highest BCUT2D eigenvalue weighted by Gasteiger charge is 2.36. The Kier molecular flexibility index (Phi) is 4.81. The molecule has 0 aliphatic heterocycles. The van der Waals surface area contributed by atoms with Crippen LogP contribution in [0.25, 0.3) is 5.69 Å². The summed E-state index contributed by atoms with van der Waals surface area (Å²) in [5, 5.41) is 8.10. The number of aromatic nitrogens is 3. The fourth-order valence-corrected chi connectivity index (χ4v) is 3.27. The van der Waals surface area contributed by atoms with Gasteiger partial charge in [0.2, 0.25) is 0 Å². The first-order chi connectivity index (χ1) is 13.6. The van der Waals surface area contributed by atoms with Gasteiger partial charge in [0.1, 0.15) is 11.6 Å². The summed E-state index contributed by atoms with van der Waals surface area (Å²) in [7, 11) is 1.61. The molecule has 1 fully saturated rings. The van der Waals surface area contributed by atoms with E-state index in [2.05, 4.69) is 17.2 Å². The molecule has 7 heteroatoms. The molecule has 1 aliphatic rings. The minimum atomic E-state index is -0.330. The molecule has 1 aromatic heterocycles. The molecule has 0 N–H and O–H groups in total. The number of methoxy groups -OCH3 is 1. The number of benzene rings is 2. The summed E-state index contributed by atoms with van der Waals surface area (Å²) in [4.78, 5) is 15.1. The molecule has 3 aromatic rings. The van der Waals surface area contributed by atoms with Crippen molar-refractivity contribution in [3.05, 3.63) is 66.2 Å². The number of nitrogens with zero attached hydrogens (tertiary/aromatic N) is 4. The lowest BCUT2D eigenvalue weighted by atomic mass is 10.1. The van der Waals surface area contributed by atoms with Crippen molar-refractivity contribution in [2.45, 2.75) is 25.8 Å². The van der Waals surface area contributed by atoms with Crippen LogP contribution in [0.3, 0.4) is 0 Å². The Balaban J connectivity index is 1.64. The van der Waals surface area contributed by atoms with Crippen LogP contribution in [-0.4, -0.2) is 34.1 Å². The van der Waals surface area contributed by atoms with Crippen LogP contribution in [0, 0.1) is 11.7 Å². The second-order valence-electron chi connectivity index (χ2n) is 6.98. The summed E-state index contributed by atoms with van der Waals surface area (Å²) in [5.41, 5.74) is 1.67. The Morgan fingerprint density at radius 2 is 1.86 bits per heavy atom. The van der Waals surface area contributed by atoms with Crippen molar-refractivity contribution in [2.75, 3.05) is 12.0 Å². The normalized spacial score (nSPS) is 14.5. The van der Waals surface area contributed by atoms with E-state index in [1.165, 1.54) is 16.8 Å². The number of hydrogen-bond acceptors (Lipinski definition) is 4. The number of hydrogen-bond donors (Lipinski definition) is 0. The number of halogens is 1. The summed E-state index contributed by atoms with van der Waals surface area (Å²) in [6.07, 6.45) is 3.80. The summed E-state index contributed by atoms with van der Waals surface area (Å²) >= 11 is 0. The van der Waals surface area contributed by atoms with E-state index < -0.39 is 0 Å². The molecule has 1 aliphatic carbocycles. The van der Waals surface area contributed by atoms with Crippen molar-refractivity contribution >= 4 is 11.6 Å². The topological polar surface area (TPSA) is 60.2 Å². The number of carbonyl (C=O) groups excluding carboxylic acids is 1. The summed E-state index contributed by atoms with van der Waals surface area (Å²) in [5.74, 6) is 0.678. The van der Waals surface area contributed by atoms with Crippen LogP contribution in [0.1, 0.15) is 30.3 Å². The first kappa shape index (κ1) is 18.2. The van der Waals surface area contributed by atoms with E-state index in [1.54, 1.807) is 30.3 Å². The third-order valence-electron chi connectivity index (χ3n) is 5.08. The van der Waals surface area contributed by atoms with Crippen LogP contribution in [0.5, 0.6) is 5.75 Å². The highest BCUT2D eigenvalue weighted by Crippen LogP contribution is 2.37. The zero-order chi connectivity index (χ0) is 19.7. The molecule has 6 nitrogen and oxygen atoms in total. The predicted octanol–water partition coefficient (Wildman–Crippen LogP) is 3.86. The lowest BCUT2D eigenvalue weighted by Gasteiger charge is -2.29. The molecule has 144 valence electrons. The zero-order valence-electron chi connectivity index (χ0n) is 15.7. The summed E-state index contributed by atoms with van der Waals surface area (Å²) in [6.45, 7) is 2.06. The number of ether oxygens (including phenoxy) is 1. The number of amides is 1. The molecule has 0 saturated heterocycles. The van der Waals surface area contributed by atoms with Gasteiger partial charge in [-0.1, -0.05) is 5.21 Å². The minimum Gasteiger partial charge on any atom is -0.497 e. The Hall–Kier alpha value is -3.22. The third kappa shape index (κ3) is 3.60. The predicted molar refractivity (Wildman–Crippen MR) is 103 cm³/mol. The van der Waals surface area contributed by atoms with Crippen LogP contribution in [0.2, 0.25) is 0 Å². The Labute approximate surface area is 162 Å². The maximum Gasteiger partial charge on any atom is 0.280 e. The van der Waals surface area contributed by atoms with E-state index in [-0.39, 0.29) is 23.5 Å². The monoisotopic (exact) mass is 380 g/mol. The van der Waals surface area contributed by atoms with E-state index in [1.807, 2.05) is 24.3 Å². The van der Waals surface area contributed by atoms with E-state index >= 15 is 0 Å². The van der Waals surface area contributed by atoms with Crippen molar-refractivity contribution in [1.82, 2.24) is 15.0 Å². The highest BCUT2D eigenvalue weighted by atomic mass is 19.1. The van der Waals surface area contributed by atoms with Crippen LogP contribution in [0.4, 0.5) is 10.1 Å². The van der Waals surface area contributed by atoms with Gasteiger partial charge in [0.25, 0.3) is 5.91 Å². The molecular weight excluding hydrogens is 359 g/mol. The van der Waals surface area contributed by atoms with Gasteiger partial charge >= 0.3 is 0 Å². The van der Waals surface area contributed by atoms with Crippen molar-refractivity contribution < 1.29 is 13.9 Å². The molecule has 1 atom stereocenters. The summed E-state index contributed by atoms with van der Waals surface area (Å²) in [6, 6.07) is 13.3. The summed E-state index contributed by atoms with van der Waals surface area (Å²) < 4.78 is 19.8. The largest absolute Gasteiger partial charge is 0.497 e. The minimum absolute atomic E-state index is 0.0527. The molecule has 1 amide bonds. The molecule has 1 unspecified atom stereocenters. The number of rotatable bonds is 6. The molecule has 1 heterocycles. The van der Waals surface area contributed by atoms with Gasteiger partial charge in [0, 0.05) is 11.7 Å². The third-order valence-corrected chi connectivity index (χ3v) is 5.08. The van der Waals surface area contributed by atoms with Crippen molar-refractivity contribution in [1.29, 1.82) is 0 Å². The van der Waals surface area contributed by atoms with Gasteiger partial charge in [0.05, 0.1) is 19.0 Å². The van der Waals surface area contributed by atoms with Gasteiger partial charge in [-0.25, -0.2) is 9.07 Å². The van der Waals surface area contributed by atoms with Crippen LogP contribution >= 0.6 is 0 Å². The fraction of sp³-hybridized carbons (Fsp3) is 0.286. The molecule has 1 saturated carbocycles. The Morgan fingerprint density at radius 3 is 2.46 bits per heavy atom. The maximum atomic E-state index is 13.3. The molecule has 0 radical (unpaired) electrons. The van der Waals surface area contributed by atoms with Gasteiger partial charge < -0.3 is 9.64 Å². The SMILES string of the molecule is COc1ccc(N(C(=O)c2cn(-c3ccc(F)cc3)nn2)C(C)C2CC2)cc1. The molecule has 28 heavy (non-hydrogen) atoms. The second kappa shape index (κ2) is 7.42. The number of anilines is 1. The Bertz CT molecular complexity index is 965. The van der Waals surface area contributed by atoms with Gasteiger partial charge in [-0.05, 0) is 74.2 Å². The van der Waals surface area contributed by atoms with Gasteiger partial charge in [-0.2, -0.15) is 0 Å². The van der Waals surface area contributed by atoms with Gasteiger partial charge in [0.15, 0.2) is 5.69 Å². The Morgan fingerprint density at radius 1 is 1.18 bits per heavy atom. The van der Waals surface area contributed by atoms with Gasteiger partial charge in [-0.15, -0.1) is 5.10 Å². The average Bonchev–Trinajstić information content (AvgIpc) is 3.46. The first-order valence-electron chi connectivity index (χ1n) is 9.22. The second-order valence-corrected chi connectivity index (χ2v) is 6.98. The van der Waals surface area contributed by atoms with E-state index in [9.17, 15) is 9.18 Å². The van der Waals surface area contributed by atoms with E-state index in [4.69, 9.17) is 4.74 Å². The zero-order valence-corrected chi connectivity index (χ0v) is 15.7. The van der Waals surface area contributed by atoms with Crippen molar-refractivity contribution in [3.8, 4) is 11.4 Å². The van der Waals surface area contributed by atoms with Crippen molar-refractivity contribution in [2.24, 2.45) is 5.92 Å². The lowest BCUT2D eigenvalue weighted by Crippen LogP contribution is -2.40. The smallest absolute Gasteiger partial charge is 0.280 e.